The number of carbonyl (C=O) groups excluding carboxylic acids is 4. The number of benzene rings is 1. The molecular weight excluding hydrogens is 944 g/mol. The maximum atomic E-state index is 14.3. The number of amides is 4. The molecule has 4 aromatic heterocycles. The average Bonchev–Trinajstić information content (AvgIpc) is 4.06. The predicted octanol–water partition coefficient (Wildman–Crippen LogP) is 6.66. The van der Waals surface area contributed by atoms with Crippen LogP contribution >= 0.6 is 11.3 Å². The van der Waals surface area contributed by atoms with Gasteiger partial charge >= 0.3 is 6.36 Å². The molecule has 71 heavy (non-hydrogen) atoms. The number of hydrogen-bond acceptors (Lipinski definition) is 14. The Morgan fingerprint density at radius 2 is 1.59 bits per heavy atom. The van der Waals surface area contributed by atoms with Crippen LogP contribution in [0.5, 0.6) is 5.75 Å². The van der Waals surface area contributed by atoms with E-state index in [2.05, 4.69) is 45.6 Å². The molecule has 0 bridgehead atoms. The molecule has 1 aliphatic rings. The van der Waals surface area contributed by atoms with Crippen LogP contribution in [-0.2, 0) is 15.1 Å². The summed E-state index contributed by atoms with van der Waals surface area (Å²) in [5, 5.41) is 30.6. The number of likely N-dealkylation sites (tertiary alicyclic amines) is 1. The van der Waals surface area contributed by atoms with Gasteiger partial charge < -0.3 is 46.1 Å². The van der Waals surface area contributed by atoms with Crippen molar-refractivity contribution in [3.8, 4) is 27.4 Å². The highest BCUT2D eigenvalue weighted by Crippen LogP contribution is 2.37. The number of carbonyl (C=O) groups is 4. The number of aromatic nitrogens is 6. The first-order valence-electron chi connectivity index (χ1n) is 23.3. The fourth-order valence-electron chi connectivity index (χ4n) is 8.50. The summed E-state index contributed by atoms with van der Waals surface area (Å²) in [7, 11) is 0. The number of aliphatic hydroxyl groups is 2. The number of anilines is 1. The van der Waals surface area contributed by atoms with Gasteiger partial charge in [-0.25, -0.2) is 24.9 Å². The van der Waals surface area contributed by atoms with Gasteiger partial charge in [0.1, 0.15) is 35.4 Å². The lowest BCUT2D eigenvalue weighted by molar-refractivity contribution is -0.274. The Hall–Kier alpha value is -6.52. The summed E-state index contributed by atoms with van der Waals surface area (Å²) < 4.78 is 45.2. The van der Waals surface area contributed by atoms with E-state index in [1.807, 2.05) is 52.0 Å². The largest absolute Gasteiger partial charge is 0.573 e. The first kappa shape index (κ1) is 53.8. The summed E-state index contributed by atoms with van der Waals surface area (Å²) in [5.41, 5.74) is 8.71. The number of aryl methyl sites for hydroxylation is 1. The number of imidazole rings is 1. The Kier molecular flexibility index (Phi) is 16.6. The van der Waals surface area contributed by atoms with Crippen molar-refractivity contribution in [2.24, 2.45) is 11.3 Å². The lowest BCUT2D eigenvalue weighted by atomic mass is 9.85. The maximum Gasteiger partial charge on any atom is 0.573 e. The Balaban J connectivity index is 1.10. The van der Waals surface area contributed by atoms with E-state index in [0.717, 1.165) is 40.2 Å². The molecule has 1 fully saturated rings. The van der Waals surface area contributed by atoms with E-state index in [-0.39, 0.29) is 53.9 Å². The van der Waals surface area contributed by atoms with Crippen LogP contribution in [0.1, 0.15) is 131 Å². The topological polar surface area (TPSA) is 253 Å². The monoisotopic (exact) mass is 1010 g/mol. The van der Waals surface area contributed by atoms with Crippen molar-refractivity contribution in [3.63, 3.8) is 0 Å². The van der Waals surface area contributed by atoms with Crippen LogP contribution in [0.25, 0.3) is 21.7 Å². The van der Waals surface area contributed by atoms with Crippen molar-refractivity contribution in [2.45, 2.75) is 130 Å². The number of aliphatic hydroxyl groups excluding tert-OH is 2. The van der Waals surface area contributed by atoms with Crippen molar-refractivity contribution in [3.05, 3.63) is 89.1 Å². The van der Waals surface area contributed by atoms with Gasteiger partial charge in [-0.2, -0.15) is 0 Å². The molecule has 7 N–H and O–H groups in total. The quantitative estimate of drug-likeness (QED) is 0.0538. The van der Waals surface area contributed by atoms with Gasteiger partial charge in [0.15, 0.2) is 11.6 Å². The molecule has 22 heteroatoms. The van der Waals surface area contributed by atoms with Crippen LogP contribution in [0, 0.1) is 18.3 Å². The van der Waals surface area contributed by atoms with Crippen molar-refractivity contribution in [2.75, 3.05) is 18.8 Å². The van der Waals surface area contributed by atoms with Crippen LogP contribution in [0.4, 0.5) is 19.0 Å². The van der Waals surface area contributed by atoms with Gasteiger partial charge in [0, 0.05) is 43.0 Å². The zero-order valence-corrected chi connectivity index (χ0v) is 42.0. The number of β-amino-alcohol motifs (C(OH)–C–C–N with tert-alkyl or cyclic N) is 1. The second-order valence-corrected chi connectivity index (χ2v) is 20.4. The Morgan fingerprint density at radius 3 is 2.17 bits per heavy atom. The van der Waals surface area contributed by atoms with E-state index in [1.165, 1.54) is 11.1 Å². The van der Waals surface area contributed by atoms with Gasteiger partial charge in [0.05, 0.1) is 46.3 Å². The number of nitrogens with one attached hydrogen (secondary N) is 3. The molecule has 1 saturated heterocycles. The molecule has 5 heterocycles. The van der Waals surface area contributed by atoms with Crippen molar-refractivity contribution < 1.29 is 47.3 Å². The summed E-state index contributed by atoms with van der Waals surface area (Å²) in [4.78, 5) is 78.7. The van der Waals surface area contributed by atoms with Gasteiger partial charge in [-0.15, -0.1) is 24.5 Å². The highest BCUT2D eigenvalue weighted by Gasteiger charge is 2.45. The number of rotatable bonds is 18. The summed E-state index contributed by atoms with van der Waals surface area (Å²) in [6.45, 7) is 16.5. The van der Waals surface area contributed by atoms with Crippen LogP contribution in [-0.4, -0.2) is 106 Å². The maximum absolute atomic E-state index is 14.3. The zero-order valence-electron chi connectivity index (χ0n) is 41.2. The van der Waals surface area contributed by atoms with Crippen LogP contribution in [0.3, 0.4) is 0 Å². The molecule has 18 nitrogen and oxygen atoms in total. The fraction of sp³-hybridized carbons (Fsp3) is 0.490. The van der Waals surface area contributed by atoms with Crippen molar-refractivity contribution in [1.82, 2.24) is 50.3 Å². The second kappa shape index (κ2) is 21.9. The Labute approximate surface area is 414 Å². The van der Waals surface area contributed by atoms with Crippen molar-refractivity contribution >= 4 is 40.8 Å². The van der Waals surface area contributed by atoms with Gasteiger partial charge in [-0.05, 0) is 62.1 Å². The molecule has 5 aromatic rings. The fourth-order valence-corrected chi connectivity index (χ4v) is 9.31. The Morgan fingerprint density at radius 1 is 0.930 bits per heavy atom. The number of nitrogen functional groups attached to an aromatic ring is 1. The molecule has 1 aromatic carbocycles. The van der Waals surface area contributed by atoms with E-state index in [4.69, 9.17) is 5.73 Å². The molecule has 1 aliphatic heterocycles. The van der Waals surface area contributed by atoms with E-state index < -0.39 is 82.8 Å². The number of thiazole rings is 1. The van der Waals surface area contributed by atoms with Crippen LogP contribution in [0.15, 0.2) is 60.6 Å². The third-order valence-electron chi connectivity index (χ3n) is 12.5. The minimum atomic E-state index is -5.01. The van der Waals surface area contributed by atoms with Gasteiger partial charge in [0.2, 0.25) is 11.8 Å². The highest BCUT2D eigenvalue weighted by atomic mass is 32.1. The van der Waals surface area contributed by atoms with E-state index >= 15 is 0 Å². The lowest BCUT2D eigenvalue weighted by Crippen LogP contribution is -2.58. The van der Waals surface area contributed by atoms with E-state index in [1.54, 1.807) is 62.2 Å². The summed E-state index contributed by atoms with van der Waals surface area (Å²) in [5.74, 6) is -3.56. The van der Waals surface area contributed by atoms with Crippen LogP contribution < -0.4 is 26.4 Å². The third-order valence-corrected chi connectivity index (χ3v) is 13.5. The minimum Gasteiger partial charge on any atom is -0.402 e. The predicted molar refractivity (Wildman–Crippen MR) is 260 cm³/mol. The second-order valence-electron chi connectivity index (χ2n) is 19.5. The number of nitrogens with two attached hydrogens (primary N) is 1. The molecule has 382 valence electrons. The zero-order chi connectivity index (χ0) is 52.2. The number of hydrogen-bond donors (Lipinski definition) is 6. The number of ether oxygens (including phenoxy) is 1. The van der Waals surface area contributed by atoms with E-state index in [9.17, 15) is 42.6 Å². The molecule has 0 spiro atoms. The molecule has 6 atom stereocenters. The Bertz CT molecular complexity index is 2690. The molecule has 6 rings (SSSR count). The number of nitrogens with zero attached hydrogens (tertiary/aromatic N) is 7. The van der Waals surface area contributed by atoms with Crippen molar-refractivity contribution in [1.29, 1.82) is 0 Å². The average molecular weight is 1010 g/mol. The van der Waals surface area contributed by atoms with E-state index in [0.29, 0.717) is 19.3 Å². The number of pyridine rings is 1. The standard InChI is InChI=1S/C49H62F3N11O7S/c1-10-15-48(9,63-24-35(60-42(63)38(65)26(2)3)31-18-37(41(53)57-20-31)70-49(50,51)52)16-17-54-43(66)33-21-56-34(22-55-33)44(67)61-40(47(6,7)8)46(69)62-23-32(64)19-36(62)45(68)59-27(4)29-11-13-30(14-12-29)39-28(5)58-25-71-39/h11-14,18,20-22,24-27,32,36,38,40,64-65H,10,15-17,19,23H2,1-9H3,(H2,53,57)(H,54,66)(H,59,68)(H,61,67)/t27-,32+,36-,38?,40+,48?/m0/s1. The lowest BCUT2D eigenvalue weighted by Gasteiger charge is -2.35. The first-order chi connectivity index (χ1) is 33.3. The van der Waals surface area contributed by atoms with Gasteiger partial charge in [-0.1, -0.05) is 72.2 Å². The third kappa shape index (κ3) is 12.9. The smallest absolute Gasteiger partial charge is 0.402 e. The molecule has 0 radical (unpaired) electrons. The SMILES string of the molecule is CCCC(C)(CCNC(=O)c1cnc(C(=O)N[C@H](C(=O)N2C[C@H](O)C[C@H]2C(=O)N[C@@H](C)c2ccc(-c3scnc3C)cc2)C(C)(C)C)cn1)n1cc(-c2cnc(N)c(OC(F)(F)F)c2)nc1C(O)C(C)C. The summed E-state index contributed by atoms with van der Waals surface area (Å²) >= 11 is 1.54. The van der Waals surface area contributed by atoms with Crippen LogP contribution in [0.2, 0.25) is 0 Å². The molecule has 0 aliphatic carbocycles. The minimum absolute atomic E-state index is 0.00857. The van der Waals surface area contributed by atoms with Gasteiger partial charge in [-0.3, -0.25) is 19.2 Å². The number of alkyl halides is 3. The normalized spacial score (nSPS) is 17.3. The molecular formula is C49H62F3N11O7S. The summed E-state index contributed by atoms with van der Waals surface area (Å²) in [6.07, 6.45) is -0.365. The molecule has 0 saturated carbocycles. The van der Waals surface area contributed by atoms with Gasteiger partial charge in [0.25, 0.3) is 11.8 Å². The highest BCUT2D eigenvalue weighted by molar-refractivity contribution is 7.13. The summed E-state index contributed by atoms with van der Waals surface area (Å²) in [6, 6.07) is 6.27. The first-order valence-corrected chi connectivity index (χ1v) is 24.2. The number of halogens is 3. The molecule has 4 amide bonds. The molecule has 2 unspecified atom stereocenters.